The van der Waals surface area contributed by atoms with Gasteiger partial charge in [0, 0.05) is 18.7 Å². The maximum Gasteiger partial charge on any atom is 0.416 e. The van der Waals surface area contributed by atoms with E-state index in [4.69, 9.17) is 9.47 Å². The third kappa shape index (κ3) is 6.78. The molecule has 1 aromatic carbocycles. The molecule has 1 amide bonds. The minimum atomic E-state index is -5.08. The zero-order valence-corrected chi connectivity index (χ0v) is 23.6. The van der Waals surface area contributed by atoms with Gasteiger partial charge in [0.25, 0.3) is 0 Å². The number of methoxy groups -OCH3 is 1. The second-order valence-corrected chi connectivity index (χ2v) is 9.75. The highest BCUT2D eigenvalue weighted by molar-refractivity contribution is 5.90. The highest BCUT2D eigenvalue weighted by Gasteiger charge is 2.42. The number of benzene rings is 1. The van der Waals surface area contributed by atoms with Crippen LogP contribution in [0.4, 0.5) is 42.6 Å². The van der Waals surface area contributed by atoms with E-state index in [2.05, 4.69) is 15.0 Å². The van der Waals surface area contributed by atoms with Crippen molar-refractivity contribution < 1.29 is 50.5 Å². The molecule has 10 nitrogen and oxygen atoms in total. The summed E-state index contributed by atoms with van der Waals surface area (Å²) in [6.45, 7) is 2.95. The number of ether oxygens (including phenoxy) is 2. The number of carbonyl (C=O) groups is 2. The lowest BCUT2D eigenvalue weighted by atomic mass is 9.91. The minimum Gasteiger partial charge on any atom is -0.481 e. The Morgan fingerprint density at radius 2 is 1.68 bits per heavy atom. The van der Waals surface area contributed by atoms with E-state index in [1.54, 1.807) is 19.9 Å². The van der Waals surface area contributed by atoms with Crippen molar-refractivity contribution in [1.29, 1.82) is 0 Å². The molecule has 0 bridgehead atoms. The molecule has 1 aliphatic heterocycles. The van der Waals surface area contributed by atoms with Crippen molar-refractivity contribution in [2.24, 2.45) is 0 Å². The van der Waals surface area contributed by atoms with E-state index < -0.39 is 59.9 Å². The predicted octanol–water partition coefficient (Wildman–Crippen LogP) is 6.51. The first-order valence-electron chi connectivity index (χ1n) is 13.3. The molecule has 2 aromatic heterocycles. The Kier molecular flexibility index (Phi) is 9.20. The van der Waals surface area contributed by atoms with Crippen molar-refractivity contribution in [2.75, 3.05) is 23.5 Å². The van der Waals surface area contributed by atoms with E-state index in [-0.39, 0.29) is 47.7 Å². The van der Waals surface area contributed by atoms with Crippen molar-refractivity contribution in [3.63, 3.8) is 0 Å². The van der Waals surface area contributed by atoms with Crippen LogP contribution in [-0.4, -0.2) is 51.9 Å². The van der Waals surface area contributed by atoms with Gasteiger partial charge in [-0.25, -0.2) is 24.5 Å². The van der Waals surface area contributed by atoms with Crippen LogP contribution < -0.4 is 14.5 Å². The van der Waals surface area contributed by atoms with Crippen LogP contribution in [0.2, 0.25) is 0 Å². The molecule has 0 unspecified atom stereocenters. The van der Waals surface area contributed by atoms with Crippen LogP contribution in [0, 0.1) is 0 Å². The van der Waals surface area contributed by atoms with Crippen molar-refractivity contribution in [3.8, 4) is 5.88 Å². The van der Waals surface area contributed by atoms with Gasteiger partial charge in [-0.3, -0.25) is 4.90 Å². The maximum absolute atomic E-state index is 13.7. The van der Waals surface area contributed by atoms with Crippen molar-refractivity contribution in [3.05, 3.63) is 70.8 Å². The Morgan fingerprint density at radius 3 is 2.18 bits per heavy atom. The van der Waals surface area contributed by atoms with E-state index in [1.165, 1.54) is 23.0 Å². The molecule has 3 heterocycles. The number of fused-ring (bicyclic) bond motifs is 1. The van der Waals surface area contributed by atoms with Gasteiger partial charge in [0.2, 0.25) is 5.88 Å². The summed E-state index contributed by atoms with van der Waals surface area (Å²) in [5, 5.41) is 9.29. The fourth-order valence-electron chi connectivity index (χ4n) is 4.99. The lowest BCUT2D eigenvalue weighted by Crippen LogP contribution is -2.48. The topological polar surface area (TPSA) is 118 Å². The predicted molar refractivity (Wildman–Crippen MR) is 143 cm³/mol. The zero-order valence-electron chi connectivity index (χ0n) is 23.6. The summed E-state index contributed by atoms with van der Waals surface area (Å²) in [5.41, 5.74) is -3.31. The largest absolute Gasteiger partial charge is 0.481 e. The molecule has 44 heavy (non-hydrogen) atoms. The standard InChI is InChI=1S/C28H27F6N5O5/c1-4-18-11-21(24-20(6-7-23(37-24)43-3)39(18)26(42)44-5-2)38(22-13-35-19(12-36-22)25(40)41)14-15-8-16(27(29,30)31)10-17(9-15)28(32,33)34/h6-10,12-13,18,21H,4-5,11,14H2,1-3H3,(H,40,41)/t18-,21+/m1/s1. The molecule has 2 atom stereocenters. The molecular weight excluding hydrogens is 600 g/mol. The van der Waals surface area contributed by atoms with Crippen molar-refractivity contribution in [1.82, 2.24) is 15.0 Å². The number of aromatic nitrogens is 3. The summed E-state index contributed by atoms with van der Waals surface area (Å²) < 4.78 is 92.7. The highest BCUT2D eigenvalue weighted by Crippen LogP contribution is 2.44. The molecule has 0 radical (unpaired) electrons. The molecule has 0 saturated heterocycles. The van der Waals surface area contributed by atoms with Gasteiger partial charge in [-0.2, -0.15) is 26.3 Å². The number of carbonyl (C=O) groups excluding carboxylic acids is 1. The number of nitrogens with zero attached hydrogens (tertiary/aromatic N) is 5. The number of rotatable bonds is 8. The second kappa shape index (κ2) is 12.5. The molecule has 4 rings (SSSR count). The molecule has 1 N–H and O–H groups in total. The van der Waals surface area contributed by atoms with Crippen molar-refractivity contribution >= 4 is 23.6 Å². The summed E-state index contributed by atoms with van der Waals surface area (Å²) in [7, 11) is 1.35. The van der Waals surface area contributed by atoms with Gasteiger partial charge in [-0.15, -0.1) is 0 Å². The highest BCUT2D eigenvalue weighted by atomic mass is 19.4. The SMILES string of the molecule is CCOC(=O)N1c2ccc(OC)nc2[C@@H](N(Cc2cc(C(F)(F)F)cc(C(F)(F)F)c2)c2cnc(C(=O)O)cn2)C[C@H]1CC. The number of hydrogen-bond donors (Lipinski definition) is 1. The van der Waals surface area contributed by atoms with Gasteiger partial charge in [0.05, 0.1) is 54.7 Å². The van der Waals surface area contributed by atoms with Crippen LogP contribution in [0.1, 0.15) is 65.6 Å². The first kappa shape index (κ1) is 32.3. The van der Waals surface area contributed by atoms with Gasteiger partial charge in [0.15, 0.2) is 5.69 Å². The van der Waals surface area contributed by atoms with Gasteiger partial charge in [0.1, 0.15) is 5.82 Å². The number of halogens is 6. The Labute approximate surface area is 247 Å². The summed E-state index contributed by atoms with van der Waals surface area (Å²) in [5.74, 6) is -1.33. The summed E-state index contributed by atoms with van der Waals surface area (Å²) in [6, 6.07) is 2.85. The molecule has 16 heteroatoms. The normalized spacial score (nSPS) is 16.7. The van der Waals surface area contributed by atoms with Crippen molar-refractivity contribution in [2.45, 2.75) is 57.7 Å². The molecule has 236 valence electrons. The quantitative estimate of drug-likeness (QED) is 0.279. The Morgan fingerprint density at radius 1 is 1.02 bits per heavy atom. The van der Waals surface area contributed by atoms with Gasteiger partial charge >= 0.3 is 24.4 Å². The number of pyridine rings is 1. The van der Waals surface area contributed by atoms with E-state index in [0.717, 1.165) is 12.4 Å². The monoisotopic (exact) mass is 627 g/mol. The fourth-order valence-corrected chi connectivity index (χ4v) is 4.99. The molecule has 1 aliphatic rings. The number of amides is 1. The first-order valence-corrected chi connectivity index (χ1v) is 13.3. The van der Waals surface area contributed by atoms with Crippen LogP contribution in [0.3, 0.4) is 0 Å². The number of aromatic carboxylic acids is 1. The van der Waals surface area contributed by atoms with Crippen LogP contribution in [0.5, 0.6) is 5.88 Å². The Balaban J connectivity index is 1.93. The number of alkyl halides is 6. The second-order valence-electron chi connectivity index (χ2n) is 9.75. The van der Waals surface area contributed by atoms with Gasteiger partial charge in [-0.1, -0.05) is 6.92 Å². The van der Waals surface area contributed by atoms with E-state index in [0.29, 0.717) is 18.6 Å². The Bertz CT molecular complexity index is 1480. The number of carboxylic acid groups (broad SMARTS) is 1. The van der Waals surface area contributed by atoms with Gasteiger partial charge < -0.3 is 19.5 Å². The van der Waals surface area contributed by atoms with E-state index in [1.807, 2.05) is 0 Å². The average molecular weight is 628 g/mol. The summed E-state index contributed by atoms with van der Waals surface area (Å²) in [4.78, 5) is 39.7. The number of hydrogen-bond acceptors (Lipinski definition) is 8. The molecule has 3 aromatic rings. The van der Waals surface area contributed by atoms with Crippen LogP contribution >= 0.6 is 0 Å². The van der Waals surface area contributed by atoms with Crippen LogP contribution in [0.25, 0.3) is 0 Å². The van der Waals surface area contributed by atoms with E-state index >= 15 is 0 Å². The molecule has 0 aliphatic carbocycles. The number of anilines is 2. The zero-order chi connectivity index (χ0) is 32.4. The molecule has 0 spiro atoms. The van der Waals surface area contributed by atoms with Crippen LogP contribution in [-0.2, 0) is 23.6 Å². The fraction of sp³-hybridized carbons (Fsp3) is 0.393. The number of carboxylic acids is 1. The maximum atomic E-state index is 13.7. The third-order valence-corrected chi connectivity index (χ3v) is 6.99. The smallest absolute Gasteiger partial charge is 0.416 e. The average Bonchev–Trinajstić information content (AvgIpc) is 2.98. The van der Waals surface area contributed by atoms with Gasteiger partial charge in [-0.05, 0) is 49.6 Å². The molecule has 0 saturated carbocycles. The lowest BCUT2D eigenvalue weighted by molar-refractivity contribution is -0.143. The molecule has 0 fully saturated rings. The molecular formula is C28H27F6N5O5. The summed E-state index contributed by atoms with van der Waals surface area (Å²) >= 11 is 0. The Hall–Kier alpha value is -4.63. The third-order valence-electron chi connectivity index (χ3n) is 6.99. The minimum absolute atomic E-state index is 0.0297. The lowest BCUT2D eigenvalue weighted by Gasteiger charge is -2.43. The summed E-state index contributed by atoms with van der Waals surface area (Å²) in [6.07, 6.45) is -8.37. The van der Waals surface area contributed by atoms with Crippen LogP contribution in [0.15, 0.2) is 42.7 Å². The van der Waals surface area contributed by atoms with E-state index in [9.17, 15) is 41.0 Å². The first-order chi connectivity index (χ1) is 20.7.